The van der Waals surface area contributed by atoms with E-state index in [0.29, 0.717) is 12.3 Å². The second kappa shape index (κ2) is 10.9. The molecule has 6 nitrogen and oxygen atoms in total. The van der Waals surface area contributed by atoms with Crippen molar-refractivity contribution < 1.29 is 19.4 Å². The second-order valence-electron chi connectivity index (χ2n) is 5.51. The van der Waals surface area contributed by atoms with E-state index in [-0.39, 0.29) is 30.9 Å². The van der Waals surface area contributed by atoms with Gasteiger partial charge in [-0.25, -0.2) is 0 Å². The molecule has 7 heteroatoms. The Morgan fingerprint density at radius 3 is 2.46 bits per heavy atom. The standard InChI is InChI=1S/C17H26N2O4.ClH/c1-5-10-19(11-16(20)21)13(3)17(22)18-12(2)14-8-6-7-9-15(14)23-4;/h6-9,12-13H,5,10-11H2,1-4H3,(H,18,22)(H,20,21);1H. The van der Waals surface area contributed by atoms with Gasteiger partial charge in [-0.15, -0.1) is 12.4 Å². The SMILES string of the molecule is CCCN(CC(=O)O)C(C)C(=O)NC(C)c1ccccc1OC.Cl. The fraction of sp³-hybridized carbons (Fsp3) is 0.529. The zero-order valence-electron chi connectivity index (χ0n) is 14.6. The molecule has 0 aliphatic rings. The molecule has 1 amide bonds. The van der Waals surface area contributed by atoms with Gasteiger partial charge in [0.15, 0.2) is 0 Å². The van der Waals surface area contributed by atoms with Crippen molar-refractivity contribution in [2.45, 2.75) is 39.3 Å². The highest BCUT2D eigenvalue weighted by Crippen LogP contribution is 2.24. The number of nitrogens with one attached hydrogen (secondary N) is 1. The van der Waals surface area contributed by atoms with Crippen LogP contribution in [0, 0.1) is 0 Å². The van der Waals surface area contributed by atoms with Crippen LogP contribution in [0.4, 0.5) is 0 Å². The average Bonchev–Trinajstić information content (AvgIpc) is 2.53. The maximum atomic E-state index is 12.4. The van der Waals surface area contributed by atoms with Crippen LogP contribution in [0.1, 0.15) is 38.8 Å². The number of carboxylic acid groups (broad SMARTS) is 1. The van der Waals surface area contributed by atoms with Gasteiger partial charge in [0.1, 0.15) is 5.75 Å². The first-order valence-corrected chi connectivity index (χ1v) is 7.79. The van der Waals surface area contributed by atoms with Crippen molar-refractivity contribution >= 4 is 24.3 Å². The Morgan fingerprint density at radius 2 is 1.92 bits per heavy atom. The molecule has 24 heavy (non-hydrogen) atoms. The molecule has 2 N–H and O–H groups in total. The summed E-state index contributed by atoms with van der Waals surface area (Å²) < 4.78 is 5.31. The van der Waals surface area contributed by atoms with E-state index < -0.39 is 12.0 Å². The number of nitrogens with zero attached hydrogens (tertiary/aromatic N) is 1. The van der Waals surface area contributed by atoms with Crippen LogP contribution in [-0.4, -0.2) is 48.1 Å². The minimum atomic E-state index is -0.934. The van der Waals surface area contributed by atoms with Crippen LogP contribution in [0.2, 0.25) is 0 Å². The third kappa shape index (κ3) is 6.37. The van der Waals surface area contributed by atoms with E-state index in [4.69, 9.17) is 9.84 Å². The topological polar surface area (TPSA) is 78.9 Å². The van der Waals surface area contributed by atoms with Crippen molar-refractivity contribution in [2.75, 3.05) is 20.2 Å². The number of carbonyl (C=O) groups is 2. The molecule has 0 spiro atoms. The molecule has 2 unspecified atom stereocenters. The summed E-state index contributed by atoms with van der Waals surface area (Å²) in [5.74, 6) is -0.419. The van der Waals surface area contributed by atoms with Crippen molar-refractivity contribution in [1.82, 2.24) is 10.2 Å². The molecule has 0 bridgehead atoms. The lowest BCUT2D eigenvalue weighted by molar-refractivity contribution is -0.139. The molecule has 0 aliphatic carbocycles. The van der Waals surface area contributed by atoms with Gasteiger partial charge in [-0.1, -0.05) is 25.1 Å². The first-order valence-electron chi connectivity index (χ1n) is 7.79. The van der Waals surface area contributed by atoms with Crippen LogP contribution >= 0.6 is 12.4 Å². The molecular formula is C17H27ClN2O4. The highest BCUT2D eigenvalue weighted by molar-refractivity contribution is 5.85. The predicted molar refractivity (Wildman–Crippen MR) is 95.8 cm³/mol. The number of rotatable bonds is 9. The van der Waals surface area contributed by atoms with E-state index in [0.717, 1.165) is 12.0 Å². The van der Waals surface area contributed by atoms with Gasteiger partial charge in [0.25, 0.3) is 0 Å². The minimum absolute atomic E-state index is 0. The fourth-order valence-corrected chi connectivity index (χ4v) is 2.47. The van der Waals surface area contributed by atoms with Gasteiger partial charge < -0.3 is 15.2 Å². The molecule has 2 atom stereocenters. The smallest absolute Gasteiger partial charge is 0.317 e. The molecule has 0 saturated heterocycles. The summed E-state index contributed by atoms with van der Waals surface area (Å²) in [5, 5.41) is 11.9. The first-order chi connectivity index (χ1) is 10.9. The van der Waals surface area contributed by atoms with E-state index >= 15 is 0 Å². The highest BCUT2D eigenvalue weighted by atomic mass is 35.5. The van der Waals surface area contributed by atoms with Crippen LogP contribution in [0.5, 0.6) is 5.75 Å². The fourth-order valence-electron chi connectivity index (χ4n) is 2.47. The number of carboxylic acids is 1. The Bertz CT molecular complexity index is 539. The molecule has 0 aromatic heterocycles. The third-order valence-corrected chi connectivity index (χ3v) is 3.74. The van der Waals surface area contributed by atoms with Crippen molar-refractivity contribution in [3.05, 3.63) is 29.8 Å². The first kappa shape index (κ1) is 22.2. The van der Waals surface area contributed by atoms with Crippen LogP contribution in [0.15, 0.2) is 24.3 Å². The van der Waals surface area contributed by atoms with Crippen LogP contribution in [-0.2, 0) is 9.59 Å². The van der Waals surface area contributed by atoms with Gasteiger partial charge in [0.05, 0.1) is 25.7 Å². The monoisotopic (exact) mass is 358 g/mol. The highest BCUT2D eigenvalue weighted by Gasteiger charge is 2.24. The van der Waals surface area contributed by atoms with E-state index in [1.165, 1.54) is 0 Å². The zero-order chi connectivity index (χ0) is 17.4. The summed E-state index contributed by atoms with van der Waals surface area (Å²) >= 11 is 0. The molecule has 136 valence electrons. The van der Waals surface area contributed by atoms with Gasteiger partial charge in [-0.2, -0.15) is 0 Å². The molecule has 0 aliphatic heterocycles. The molecule has 1 aromatic carbocycles. The van der Waals surface area contributed by atoms with Gasteiger partial charge in [-0.05, 0) is 32.9 Å². The minimum Gasteiger partial charge on any atom is -0.496 e. The maximum Gasteiger partial charge on any atom is 0.317 e. The van der Waals surface area contributed by atoms with Crippen molar-refractivity contribution in [2.24, 2.45) is 0 Å². The summed E-state index contributed by atoms with van der Waals surface area (Å²) in [7, 11) is 1.59. The molecule has 1 rings (SSSR count). The van der Waals surface area contributed by atoms with Crippen molar-refractivity contribution in [1.29, 1.82) is 0 Å². The Kier molecular flexibility index (Phi) is 10.1. The summed E-state index contributed by atoms with van der Waals surface area (Å²) in [6.07, 6.45) is 0.785. The van der Waals surface area contributed by atoms with E-state index in [9.17, 15) is 9.59 Å². The number of amides is 1. The van der Waals surface area contributed by atoms with Crippen LogP contribution in [0.3, 0.4) is 0 Å². The summed E-state index contributed by atoms with van der Waals surface area (Å²) in [6.45, 7) is 5.97. The average molecular weight is 359 g/mol. The lowest BCUT2D eigenvalue weighted by Gasteiger charge is -2.27. The Balaban J connectivity index is 0.00000529. The molecule has 0 radical (unpaired) electrons. The van der Waals surface area contributed by atoms with Gasteiger partial charge in [0, 0.05) is 5.56 Å². The number of methoxy groups -OCH3 is 1. The van der Waals surface area contributed by atoms with Gasteiger partial charge >= 0.3 is 5.97 Å². The maximum absolute atomic E-state index is 12.4. The Morgan fingerprint density at radius 1 is 1.29 bits per heavy atom. The third-order valence-electron chi connectivity index (χ3n) is 3.74. The van der Waals surface area contributed by atoms with Crippen molar-refractivity contribution in [3.63, 3.8) is 0 Å². The number of ether oxygens (including phenoxy) is 1. The quantitative estimate of drug-likeness (QED) is 0.709. The normalized spacial score (nSPS) is 12.9. The number of halogens is 1. The summed E-state index contributed by atoms with van der Waals surface area (Å²) in [4.78, 5) is 25.0. The van der Waals surface area contributed by atoms with E-state index in [2.05, 4.69) is 5.32 Å². The van der Waals surface area contributed by atoms with Crippen LogP contribution < -0.4 is 10.1 Å². The zero-order valence-corrected chi connectivity index (χ0v) is 15.4. The van der Waals surface area contributed by atoms with Gasteiger partial charge in [0.2, 0.25) is 5.91 Å². The van der Waals surface area contributed by atoms with Crippen molar-refractivity contribution in [3.8, 4) is 5.75 Å². The number of para-hydroxylation sites is 1. The number of hydrogen-bond donors (Lipinski definition) is 2. The molecule has 0 saturated carbocycles. The summed E-state index contributed by atoms with van der Waals surface area (Å²) in [5.41, 5.74) is 0.885. The molecular weight excluding hydrogens is 332 g/mol. The summed E-state index contributed by atoms with van der Waals surface area (Å²) in [6, 6.07) is 6.76. The van der Waals surface area contributed by atoms with E-state index in [1.807, 2.05) is 38.1 Å². The number of benzene rings is 1. The van der Waals surface area contributed by atoms with Gasteiger partial charge in [-0.3, -0.25) is 14.5 Å². The molecule has 0 heterocycles. The second-order valence-corrected chi connectivity index (χ2v) is 5.51. The number of aliphatic carboxylic acids is 1. The Hall–Kier alpha value is -1.79. The lowest BCUT2D eigenvalue weighted by atomic mass is 10.1. The van der Waals surface area contributed by atoms with Crippen LogP contribution in [0.25, 0.3) is 0 Å². The molecule has 0 fully saturated rings. The number of hydrogen-bond acceptors (Lipinski definition) is 4. The largest absolute Gasteiger partial charge is 0.496 e. The lowest BCUT2D eigenvalue weighted by Crippen LogP contribution is -2.47. The van der Waals surface area contributed by atoms with E-state index in [1.54, 1.807) is 18.9 Å². The molecule has 1 aromatic rings. The Labute approximate surface area is 149 Å². The number of carbonyl (C=O) groups excluding carboxylic acids is 1. The predicted octanol–water partition coefficient (Wildman–Crippen LogP) is 2.48.